The molecule has 0 spiro atoms. The Bertz CT molecular complexity index is 320. The zero-order valence-electron chi connectivity index (χ0n) is 8.50. The molecule has 82 valence electrons. The number of morpholine rings is 1. The van der Waals surface area contributed by atoms with Crippen molar-refractivity contribution in [2.75, 3.05) is 32.8 Å². The van der Waals surface area contributed by atoms with Crippen molar-refractivity contribution in [2.24, 2.45) is 5.18 Å². The van der Waals surface area contributed by atoms with Crippen LogP contribution in [0.1, 0.15) is 0 Å². The fraction of sp³-hybridized carbons (Fsp3) is 0.667. The van der Waals surface area contributed by atoms with E-state index in [4.69, 9.17) is 4.74 Å². The molecule has 2 heterocycles. The lowest BCUT2D eigenvalue weighted by Gasteiger charge is -2.26. The van der Waals surface area contributed by atoms with Crippen LogP contribution in [0.4, 0.5) is 5.82 Å². The first-order valence-corrected chi connectivity index (χ1v) is 5.04. The number of ether oxygens (including phenoxy) is 1. The number of hydrogen-bond donors (Lipinski definition) is 0. The van der Waals surface area contributed by atoms with E-state index >= 15 is 0 Å². The first-order valence-electron chi connectivity index (χ1n) is 5.04. The van der Waals surface area contributed by atoms with Gasteiger partial charge in [-0.2, -0.15) is 0 Å². The lowest BCUT2D eigenvalue weighted by Crippen LogP contribution is -2.38. The zero-order chi connectivity index (χ0) is 10.5. The molecule has 0 atom stereocenters. The highest BCUT2D eigenvalue weighted by atomic mass is 16.5. The van der Waals surface area contributed by atoms with Crippen LogP contribution in [0.5, 0.6) is 0 Å². The summed E-state index contributed by atoms with van der Waals surface area (Å²) in [6.07, 6.45) is 3.30. The second-order valence-corrected chi connectivity index (χ2v) is 3.51. The Labute approximate surface area is 87.8 Å². The van der Waals surface area contributed by atoms with Crippen molar-refractivity contribution < 1.29 is 4.74 Å². The number of nitrogens with zero attached hydrogens (tertiary/aromatic N) is 4. The standard InChI is InChI=1S/C9H14N4O2/c14-11-9-7-13(8-10-9)2-1-12-3-5-15-6-4-12/h7-8H,1-6H2. The molecule has 1 aliphatic rings. The van der Waals surface area contributed by atoms with Gasteiger partial charge in [-0.15, -0.1) is 4.91 Å². The maximum Gasteiger partial charge on any atom is 0.214 e. The zero-order valence-corrected chi connectivity index (χ0v) is 8.50. The van der Waals surface area contributed by atoms with E-state index < -0.39 is 0 Å². The van der Waals surface area contributed by atoms with Gasteiger partial charge >= 0.3 is 0 Å². The van der Waals surface area contributed by atoms with Crippen LogP contribution in [0, 0.1) is 4.91 Å². The Balaban J connectivity index is 1.79. The summed E-state index contributed by atoms with van der Waals surface area (Å²) in [5, 5.41) is 2.77. The molecule has 0 aliphatic carbocycles. The maximum absolute atomic E-state index is 10.2. The first kappa shape index (κ1) is 10.3. The fourth-order valence-electron chi connectivity index (χ4n) is 1.60. The normalized spacial score (nSPS) is 17.9. The molecule has 0 N–H and O–H groups in total. The Morgan fingerprint density at radius 2 is 2.20 bits per heavy atom. The molecular formula is C9H14N4O2. The van der Waals surface area contributed by atoms with Crippen molar-refractivity contribution in [1.29, 1.82) is 0 Å². The highest BCUT2D eigenvalue weighted by Gasteiger charge is 2.09. The SMILES string of the molecule is O=Nc1cn(CCN2CCOCC2)cn1. The van der Waals surface area contributed by atoms with Gasteiger partial charge in [-0.1, -0.05) is 0 Å². The van der Waals surface area contributed by atoms with Crippen LogP contribution in [-0.4, -0.2) is 47.3 Å². The summed E-state index contributed by atoms with van der Waals surface area (Å²) in [6, 6.07) is 0. The number of rotatable bonds is 4. The number of imidazole rings is 1. The molecule has 1 fully saturated rings. The summed E-state index contributed by atoms with van der Waals surface area (Å²) in [4.78, 5) is 16.3. The summed E-state index contributed by atoms with van der Waals surface area (Å²) in [7, 11) is 0. The molecule has 0 unspecified atom stereocenters. The van der Waals surface area contributed by atoms with Crippen LogP contribution < -0.4 is 0 Å². The lowest BCUT2D eigenvalue weighted by atomic mass is 10.4. The van der Waals surface area contributed by atoms with Gasteiger partial charge in [-0.05, 0) is 5.18 Å². The van der Waals surface area contributed by atoms with Gasteiger partial charge in [0.25, 0.3) is 0 Å². The van der Waals surface area contributed by atoms with Crippen molar-refractivity contribution in [2.45, 2.75) is 6.54 Å². The van der Waals surface area contributed by atoms with E-state index in [0.29, 0.717) is 0 Å². The molecule has 15 heavy (non-hydrogen) atoms. The van der Waals surface area contributed by atoms with Crippen LogP contribution in [0.3, 0.4) is 0 Å². The van der Waals surface area contributed by atoms with Gasteiger partial charge in [0.1, 0.15) is 0 Å². The first-order chi connectivity index (χ1) is 7.38. The Morgan fingerprint density at radius 1 is 1.40 bits per heavy atom. The van der Waals surface area contributed by atoms with Gasteiger partial charge in [-0.25, -0.2) is 4.98 Å². The monoisotopic (exact) mass is 210 g/mol. The van der Waals surface area contributed by atoms with Crippen LogP contribution >= 0.6 is 0 Å². The molecule has 2 rings (SSSR count). The minimum atomic E-state index is 0.247. The van der Waals surface area contributed by atoms with Gasteiger partial charge in [0.15, 0.2) is 0 Å². The molecule has 0 bridgehead atoms. The molecule has 0 radical (unpaired) electrons. The van der Waals surface area contributed by atoms with E-state index in [9.17, 15) is 4.91 Å². The van der Waals surface area contributed by atoms with Gasteiger partial charge in [0.2, 0.25) is 5.82 Å². The van der Waals surface area contributed by atoms with E-state index in [1.807, 2.05) is 4.57 Å². The average molecular weight is 210 g/mol. The van der Waals surface area contributed by atoms with E-state index in [0.717, 1.165) is 39.4 Å². The minimum absolute atomic E-state index is 0.247. The van der Waals surface area contributed by atoms with Crippen molar-refractivity contribution in [3.8, 4) is 0 Å². The van der Waals surface area contributed by atoms with Crippen molar-refractivity contribution in [3.63, 3.8) is 0 Å². The molecule has 1 saturated heterocycles. The number of hydrogen-bond acceptors (Lipinski definition) is 5. The van der Waals surface area contributed by atoms with Gasteiger partial charge in [0.05, 0.1) is 25.7 Å². The van der Waals surface area contributed by atoms with Gasteiger partial charge < -0.3 is 9.30 Å². The largest absolute Gasteiger partial charge is 0.379 e. The second kappa shape index (κ2) is 4.99. The summed E-state index contributed by atoms with van der Waals surface area (Å²) >= 11 is 0. The lowest BCUT2D eigenvalue weighted by molar-refractivity contribution is 0.0364. The van der Waals surface area contributed by atoms with Crippen LogP contribution in [0.25, 0.3) is 0 Å². The van der Waals surface area contributed by atoms with E-state index in [1.54, 1.807) is 12.5 Å². The average Bonchev–Trinajstić information content (AvgIpc) is 2.76. The van der Waals surface area contributed by atoms with Crippen LogP contribution in [-0.2, 0) is 11.3 Å². The fourth-order valence-corrected chi connectivity index (χ4v) is 1.60. The Hall–Kier alpha value is -1.27. The molecule has 6 nitrogen and oxygen atoms in total. The van der Waals surface area contributed by atoms with E-state index in [-0.39, 0.29) is 5.82 Å². The highest BCUT2D eigenvalue weighted by molar-refractivity contribution is 5.21. The Kier molecular flexibility index (Phi) is 3.41. The predicted octanol–water partition coefficient (Wildman–Crippen LogP) is 0.613. The molecule has 6 heteroatoms. The quantitative estimate of drug-likeness (QED) is 0.683. The molecule has 1 aliphatic heterocycles. The van der Waals surface area contributed by atoms with E-state index in [2.05, 4.69) is 15.1 Å². The van der Waals surface area contributed by atoms with Crippen molar-refractivity contribution in [1.82, 2.24) is 14.5 Å². The maximum atomic E-state index is 10.2. The smallest absolute Gasteiger partial charge is 0.214 e. The highest BCUT2D eigenvalue weighted by Crippen LogP contribution is 2.06. The molecular weight excluding hydrogens is 196 g/mol. The second-order valence-electron chi connectivity index (χ2n) is 3.51. The molecule has 0 aromatic carbocycles. The third-order valence-electron chi connectivity index (χ3n) is 2.49. The van der Waals surface area contributed by atoms with Crippen molar-refractivity contribution >= 4 is 5.82 Å². The Morgan fingerprint density at radius 3 is 2.87 bits per heavy atom. The molecule has 0 saturated carbocycles. The number of nitroso groups, excluding NO2 is 1. The van der Waals surface area contributed by atoms with Gasteiger partial charge in [0, 0.05) is 26.2 Å². The van der Waals surface area contributed by atoms with Crippen LogP contribution in [0.15, 0.2) is 17.7 Å². The summed E-state index contributed by atoms with van der Waals surface area (Å²) in [5.74, 6) is 0.247. The summed E-state index contributed by atoms with van der Waals surface area (Å²) in [6.45, 7) is 5.37. The molecule has 1 aromatic heterocycles. The number of aromatic nitrogens is 2. The third kappa shape index (κ3) is 2.84. The van der Waals surface area contributed by atoms with Crippen LogP contribution in [0.2, 0.25) is 0 Å². The third-order valence-corrected chi connectivity index (χ3v) is 2.49. The van der Waals surface area contributed by atoms with Crippen molar-refractivity contribution in [3.05, 3.63) is 17.4 Å². The topological polar surface area (TPSA) is 59.7 Å². The van der Waals surface area contributed by atoms with E-state index in [1.165, 1.54) is 0 Å². The van der Waals surface area contributed by atoms with Gasteiger partial charge in [-0.3, -0.25) is 4.90 Å². The molecule has 1 aromatic rings. The summed E-state index contributed by atoms with van der Waals surface area (Å²) < 4.78 is 7.14. The predicted molar refractivity (Wildman–Crippen MR) is 54.9 cm³/mol. The minimum Gasteiger partial charge on any atom is -0.379 e. The molecule has 0 amide bonds. The summed E-state index contributed by atoms with van der Waals surface area (Å²) in [5.41, 5.74) is 0.